The minimum Gasteiger partial charge on any atom is -0.357 e. The first kappa shape index (κ1) is 13.0. The van der Waals surface area contributed by atoms with Crippen LogP contribution in [0.25, 0.3) is 0 Å². The number of anilines is 1. The van der Waals surface area contributed by atoms with Crippen LogP contribution in [0, 0.1) is 6.92 Å². The summed E-state index contributed by atoms with van der Waals surface area (Å²) in [7, 11) is -3.61. The first-order valence-corrected chi connectivity index (χ1v) is 7.65. The van der Waals surface area contributed by atoms with Crippen molar-refractivity contribution in [3.63, 3.8) is 0 Å². The van der Waals surface area contributed by atoms with Gasteiger partial charge in [-0.15, -0.1) is 11.3 Å². The molecule has 0 bridgehead atoms. The Balaban J connectivity index is 2.03. The van der Waals surface area contributed by atoms with E-state index in [0.29, 0.717) is 6.54 Å². The fourth-order valence-electron chi connectivity index (χ4n) is 1.41. The summed E-state index contributed by atoms with van der Waals surface area (Å²) in [6.07, 6.45) is 0. The van der Waals surface area contributed by atoms with E-state index in [9.17, 15) is 8.42 Å². The summed E-state index contributed by atoms with van der Waals surface area (Å²) in [5.41, 5.74) is 1.95. The van der Waals surface area contributed by atoms with Crippen molar-refractivity contribution < 1.29 is 8.42 Å². The highest BCUT2D eigenvalue weighted by Crippen LogP contribution is 2.16. The van der Waals surface area contributed by atoms with Gasteiger partial charge in [-0.3, -0.25) is 0 Å². The Morgan fingerprint density at radius 2 is 2.00 bits per heavy atom. The maximum absolute atomic E-state index is 11.1. The number of nitrogens with zero attached hydrogens (tertiary/aromatic N) is 1. The molecule has 0 aliphatic carbocycles. The second-order valence-electron chi connectivity index (χ2n) is 3.84. The van der Waals surface area contributed by atoms with Gasteiger partial charge in [0.2, 0.25) is 10.0 Å². The highest BCUT2D eigenvalue weighted by molar-refractivity contribution is 7.89. The molecule has 0 saturated carbocycles. The van der Waals surface area contributed by atoms with Crippen LogP contribution >= 0.6 is 11.3 Å². The minimum atomic E-state index is -3.61. The van der Waals surface area contributed by atoms with E-state index < -0.39 is 10.0 Å². The number of hydrogen-bond acceptors (Lipinski definition) is 5. The van der Waals surface area contributed by atoms with E-state index in [0.717, 1.165) is 16.4 Å². The number of aryl methyl sites for hydroxylation is 1. The lowest BCUT2D eigenvalue weighted by molar-refractivity contribution is 0.598. The van der Waals surface area contributed by atoms with Gasteiger partial charge in [-0.1, -0.05) is 12.1 Å². The fourth-order valence-corrected chi connectivity index (χ4v) is 2.61. The first-order chi connectivity index (χ1) is 8.45. The lowest BCUT2D eigenvalue weighted by Crippen LogP contribution is -2.12. The summed E-state index contributed by atoms with van der Waals surface area (Å²) in [6, 6.07) is 6.46. The maximum Gasteiger partial charge on any atom is 0.238 e. The molecule has 2 aromatic rings. The lowest BCUT2D eigenvalue weighted by Gasteiger charge is -2.04. The average molecular weight is 283 g/mol. The van der Waals surface area contributed by atoms with Gasteiger partial charge < -0.3 is 5.32 Å². The molecule has 1 heterocycles. The van der Waals surface area contributed by atoms with E-state index in [1.54, 1.807) is 12.1 Å². The predicted molar refractivity (Wildman–Crippen MR) is 72.0 cm³/mol. The van der Waals surface area contributed by atoms with Gasteiger partial charge in [0.15, 0.2) is 5.13 Å². The third kappa shape index (κ3) is 3.28. The van der Waals surface area contributed by atoms with Gasteiger partial charge in [0.25, 0.3) is 0 Å². The zero-order valence-corrected chi connectivity index (χ0v) is 11.4. The summed E-state index contributed by atoms with van der Waals surface area (Å²) >= 11 is 1.54. The maximum atomic E-state index is 11.1. The molecule has 1 aromatic carbocycles. The molecule has 7 heteroatoms. The monoisotopic (exact) mass is 283 g/mol. The summed E-state index contributed by atoms with van der Waals surface area (Å²) < 4.78 is 22.2. The second-order valence-corrected chi connectivity index (χ2v) is 6.26. The zero-order chi connectivity index (χ0) is 13.2. The van der Waals surface area contributed by atoms with Crippen molar-refractivity contribution >= 4 is 26.5 Å². The molecular weight excluding hydrogens is 270 g/mol. The fraction of sp³-hybridized carbons (Fsp3) is 0.182. The molecule has 0 fully saturated rings. The van der Waals surface area contributed by atoms with Crippen molar-refractivity contribution in [3.8, 4) is 0 Å². The van der Waals surface area contributed by atoms with Crippen LogP contribution in [-0.2, 0) is 16.6 Å². The summed E-state index contributed by atoms with van der Waals surface area (Å²) in [4.78, 5) is 4.40. The van der Waals surface area contributed by atoms with Gasteiger partial charge in [-0.2, -0.15) is 0 Å². The average Bonchev–Trinajstić information content (AvgIpc) is 2.72. The lowest BCUT2D eigenvalue weighted by atomic mass is 10.2. The number of benzene rings is 1. The highest BCUT2D eigenvalue weighted by atomic mass is 32.2. The largest absolute Gasteiger partial charge is 0.357 e. The van der Waals surface area contributed by atoms with Crippen LogP contribution in [0.5, 0.6) is 0 Å². The van der Waals surface area contributed by atoms with Crippen LogP contribution in [-0.4, -0.2) is 13.4 Å². The Kier molecular flexibility index (Phi) is 3.65. The van der Waals surface area contributed by atoms with Gasteiger partial charge >= 0.3 is 0 Å². The molecule has 0 radical (unpaired) electrons. The third-order valence-corrected chi connectivity index (χ3v) is 4.16. The molecule has 3 N–H and O–H groups in total. The molecule has 96 valence electrons. The number of primary sulfonamides is 1. The molecule has 5 nitrogen and oxygen atoms in total. The summed E-state index contributed by atoms with van der Waals surface area (Å²) in [6.45, 7) is 2.53. The Hall–Kier alpha value is -1.44. The summed E-state index contributed by atoms with van der Waals surface area (Å²) in [5, 5.41) is 11.0. The number of rotatable bonds is 4. The van der Waals surface area contributed by atoms with E-state index in [4.69, 9.17) is 5.14 Å². The molecule has 0 amide bonds. The molecule has 0 aliphatic rings. The van der Waals surface area contributed by atoms with Crippen molar-refractivity contribution in [1.29, 1.82) is 0 Å². The predicted octanol–water partition coefficient (Wildman–Crippen LogP) is 1.71. The van der Waals surface area contributed by atoms with Gasteiger partial charge in [-0.25, -0.2) is 18.5 Å². The van der Waals surface area contributed by atoms with Crippen molar-refractivity contribution in [1.82, 2.24) is 4.98 Å². The van der Waals surface area contributed by atoms with Crippen molar-refractivity contribution in [3.05, 3.63) is 40.9 Å². The molecule has 0 aliphatic heterocycles. The number of hydrogen-bond donors (Lipinski definition) is 2. The van der Waals surface area contributed by atoms with Gasteiger partial charge in [0, 0.05) is 11.9 Å². The standard InChI is InChI=1S/C11H13N3O2S2/c1-8-7-17-11(14-8)13-6-9-2-4-10(5-3-9)18(12,15)16/h2-5,7H,6H2,1H3,(H,13,14)(H2,12,15,16). The number of aromatic nitrogens is 1. The molecule has 0 unspecified atom stereocenters. The van der Waals surface area contributed by atoms with E-state index in [-0.39, 0.29) is 4.90 Å². The van der Waals surface area contributed by atoms with Crippen molar-refractivity contribution in [2.45, 2.75) is 18.4 Å². The Morgan fingerprint density at radius 1 is 1.33 bits per heavy atom. The van der Waals surface area contributed by atoms with Gasteiger partial charge in [-0.05, 0) is 24.6 Å². The number of thiazole rings is 1. The van der Waals surface area contributed by atoms with Crippen LogP contribution in [0.2, 0.25) is 0 Å². The Labute approximate surface area is 110 Å². The van der Waals surface area contributed by atoms with E-state index in [1.165, 1.54) is 23.5 Å². The molecule has 2 rings (SSSR count). The Bertz CT molecular complexity index is 633. The van der Waals surface area contributed by atoms with Crippen molar-refractivity contribution in [2.75, 3.05) is 5.32 Å². The van der Waals surface area contributed by atoms with Crippen LogP contribution in [0.1, 0.15) is 11.3 Å². The topological polar surface area (TPSA) is 85.1 Å². The highest BCUT2D eigenvalue weighted by Gasteiger charge is 2.06. The first-order valence-electron chi connectivity index (χ1n) is 5.23. The third-order valence-electron chi connectivity index (χ3n) is 2.31. The van der Waals surface area contributed by atoms with Gasteiger partial charge in [0.05, 0.1) is 10.6 Å². The molecule has 18 heavy (non-hydrogen) atoms. The number of sulfonamides is 1. The molecule has 0 spiro atoms. The van der Waals surface area contributed by atoms with Crippen molar-refractivity contribution in [2.24, 2.45) is 5.14 Å². The minimum absolute atomic E-state index is 0.122. The van der Waals surface area contributed by atoms with E-state index in [2.05, 4.69) is 10.3 Å². The number of nitrogens with one attached hydrogen (secondary N) is 1. The van der Waals surface area contributed by atoms with Crippen LogP contribution in [0.15, 0.2) is 34.5 Å². The molecule has 0 saturated heterocycles. The van der Waals surface area contributed by atoms with E-state index >= 15 is 0 Å². The SMILES string of the molecule is Cc1csc(NCc2ccc(S(N)(=O)=O)cc2)n1. The van der Waals surface area contributed by atoms with Crippen LogP contribution in [0.4, 0.5) is 5.13 Å². The van der Waals surface area contributed by atoms with Crippen LogP contribution in [0.3, 0.4) is 0 Å². The van der Waals surface area contributed by atoms with Gasteiger partial charge in [0.1, 0.15) is 0 Å². The number of nitrogens with two attached hydrogens (primary N) is 1. The van der Waals surface area contributed by atoms with Crippen LogP contribution < -0.4 is 10.5 Å². The molecular formula is C11H13N3O2S2. The second kappa shape index (κ2) is 5.05. The van der Waals surface area contributed by atoms with E-state index in [1.807, 2.05) is 12.3 Å². The normalized spacial score (nSPS) is 11.4. The smallest absolute Gasteiger partial charge is 0.238 e. The Morgan fingerprint density at radius 3 is 2.50 bits per heavy atom. The quantitative estimate of drug-likeness (QED) is 0.894. The zero-order valence-electron chi connectivity index (χ0n) is 9.75. The molecule has 1 aromatic heterocycles. The summed E-state index contributed by atoms with van der Waals surface area (Å²) in [5.74, 6) is 0. The molecule has 0 atom stereocenters.